The van der Waals surface area contributed by atoms with Crippen molar-refractivity contribution in [1.29, 1.82) is 0 Å². The van der Waals surface area contributed by atoms with Crippen LogP contribution in [-0.2, 0) is 14.8 Å². The Kier molecular flexibility index (Phi) is 9.02. The lowest BCUT2D eigenvalue weighted by atomic mass is 10.2. The Morgan fingerprint density at radius 1 is 0.972 bits per heavy atom. The summed E-state index contributed by atoms with van der Waals surface area (Å²) in [7, 11) is -4.07. The molecule has 8 nitrogen and oxygen atoms in total. The molecule has 0 spiro atoms. The molecule has 0 atom stereocenters. The molecule has 1 amide bonds. The van der Waals surface area contributed by atoms with Crippen molar-refractivity contribution in [1.82, 2.24) is 0 Å². The molecule has 36 heavy (non-hydrogen) atoms. The van der Waals surface area contributed by atoms with Gasteiger partial charge in [-0.25, -0.2) is 17.6 Å². The highest BCUT2D eigenvalue weighted by molar-refractivity contribution is 7.92. The molecular formula is C26H27FN2O6S. The molecule has 0 aliphatic carbocycles. The highest BCUT2D eigenvalue weighted by atomic mass is 32.2. The van der Waals surface area contributed by atoms with Gasteiger partial charge in [-0.05, 0) is 67.9 Å². The van der Waals surface area contributed by atoms with Crippen molar-refractivity contribution in [3.05, 3.63) is 83.7 Å². The third kappa shape index (κ3) is 6.82. The van der Waals surface area contributed by atoms with Crippen LogP contribution in [0.25, 0.3) is 0 Å². The molecule has 0 unspecified atom stereocenters. The molecule has 3 aromatic carbocycles. The number of amides is 1. The second kappa shape index (κ2) is 12.2. The fraction of sp³-hybridized carbons (Fsp3) is 0.231. The number of esters is 1. The van der Waals surface area contributed by atoms with Crippen molar-refractivity contribution in [2.45, 2.75) is 31.6 Å². The number of ether oxygens (including phenoxy) is 2. The van der Waals surface area contributed by atoms with Gasteiger partial charge < -0.3 is 14.8 Å². The van der Waals surface area contributed by atoms with Gasteiger partial charge in [-0.2, -0.15) is 0 Å². The van der Waals surface area contributed by atoms with Crippen LogP contribution in [0.2, 0.25) is 0 Å². The van der Waals surface area contributed by atoms with Crippen molar-refractivity contribution < 1.29 is 31.9 Å². The highest BCUT2D eigenvalue weighted by Crippen LogP contribution is 2.29. The average Bonchev–Trinajstić information content (AvgIpc) is 2.85. The molecule has 0 bridgehead atoms. The van der Waals surface area contributed by atoms with Crippen LogP contribution in [0.4, 0.5) is 15.8 Å². The maximum Gasteiger partial charge on any atom is 0.338 e. The highest BCUT2D eigenvalue weighted by Gasteiger charge is 2.20. The van der Waals surface area contributed by atoms with Gasteiger partial charge in [0.05, 0.1) is 34.9 Å². The summed E-state index contributed by atoms with van der Waals surface area (Å²) >= 11 is 0. The molecular weight excluding hydrogens is 487 g/mol. The lowest BCUT2D eigenvalue weighted by Gasteiger charge is -2.15. The van der Waals surface area contributed by atoms with Crippen LogP contribution in [-0.4, -0.2) is 33.5 Å². The first-order valence-corrected chi connectivity index (χ1v) is 12.9. The summed E-state index contributed by atoms with van der Waals surface area (Å²) in [4.78, 5) is 24.5. The summed E-state index contributed by atoms with van der Waals surface area (Å²) in [5.41, 5.74) is 0.400. The SMILES string of the molecule is CCCCOC(=O)c1ccc(NS(=O)(=O)c2ccc(OCC)c(NC(=O)c3ccccc3F)c2)cc1. The molecule has 0 saturated heterocycles. The molecule has 0 aromatic heterocycles. The molecule has 3 aromatic rings. The quantitative estimate of drug-likeness (QED) is 0.268. The zero-order valence-electron chi connectivity index (χ0n) is 19.9. The molecule has 190 valence electrons. The van der Waals surface area contributed by atoms with E-state index in [4.69, 9.17) is 9.47 Å². The van der Waals surface area contributed by atoms with Gasteiger partial charge in [0, 0.05) is 5.69 Å². The maximum atomic E-state index is 14.0. The van der Waals surface area contributed by atoms with Crippen molar-refractivity contribution in [3.8, 4) is 5.75 Å². The molecule has 0 heterocycles. The monoisotopic (exact) mass is 514 g/mol. The Morgan fingerprint density at radius 3 is 2.36 bits per heavy atom. The van der Waals surface area contributed by atoms with Crippen LogP contribution < -0.4 is 14.8 Å². The number of carbonyl (C=O) groups is 2. The van der Waals surface area contributed by atoms with Crippen LogP contribution in [0.15, 0.2) is 71.6 Å². The number of anilines is 2. The number of nitrogens with one attached hydrogen (secondary N) is 2. The van der Waals surface area contributed by atoms with Crippen LogP contribution >= 0.6 is 0 Å². The zero-order valence-corrected chi connectivity index (χ0v) is 20.7. The Hall–Kier alpha value is -3.92. The number of unbranched alkanes of at least 4 members (excludes halogenated alkanes) is 1. The summed E-state index contributed by atoms with van der Waals surface area (Å²) in [6.07, 6.45) is 1.66. The Balaban J connectivity index is 1.80. The fourth-order valence-electron chi connectivity index (χ4n) is 3.17. The Bertz CT molecular complexity index is 1330. The first-order chi connectivity index (χ1) is 17.2. The summed E-state index contributed by atoms with van der Waals surface area (Å²) in [6.45, 7) is 4.30. The zero-order chi connectivity index (χ0) is 26.1. The molecule has 10 heteroatoms. The minimum absolute atomic E-state index is 0.0677. The van der Waals surface area contributed by atoms with E-state index in [2.05, 4.69) is 10.0 Å². The fourth-order valence-corrected chi connectivity index (χ4v) is 4.26. The lowest BCUT2D eigenvalue weighted by Crippen LogP contribution is -2.17. The van der Waals surface area contributed by atoms with E-state index in [1.165, 1.54) is 60.7 Å². The van der Waals surface area contributed by atoms with Crippen LogP contribution in [0.3, 0.4) is 0 Å². The number of rotatable bonds is 11. The van der Waals surface area contributed by atoms with E-state index >= 15 is 0 Å². The summed E-state index contributed by atoms with van der Waals surface area (Å²) in [5.74, 6) is -1.72. The van der Waals surface area contributed by atoms with Crippen molar-refractivity contribution in [3.63, 3.8) is 0 Å². The summed E-state index contributed by atoms with van der Waals surface area (Å²) in [5, 5.41) is 2.52. The Labute approximate surface area is 209 Å². The second-order valence-electron chi connectivity index (χ2n) is 7.70. The van der Waals surface area contributed by atoms with E-state index in [0.29, 0.717) is 12.2 Å². The standard InChI is InChI=1S/C26H27FN2O6S/c1-3-5-16-35-26(31)18-10-12-19(13-11-18)29-36(32,33)20-14-15-24(34-4-2)23(17-20)28-25(30)21-8-6-7-9-22(21)27/h6-15,17,29H,3-5,16H2,1-2H3,(H,28,30). The predicted molar refractivity (Wildman–Crippen MR) is 134 cm³/mol. The number of carbonyl (C=O) groups excluding carboxylic acids is 2. The third-order valence-corrected chi connectivity index (χ3v) is 6.41. The van der Waals surface area contributed by atoms with E-state index in [0.717, 1.165) is 18.9 Å². The molecule has 3 rings (SSSR count). The van der Waals surface area contributed by atoms with Crippen molar-refractivity contribution in [2.75, 3.05) is 23.3 Å². The third-order valence-electron chi connectivity index (χ3n) is 5.03. The number of halogens is 1. The van der Waals surface area contributed by atoms with Crippen LogP contribution in [0.1, 0.15) is 47.4 Å². The predicted octanol–water partition coefficient (Wildman–Crippen LogP) is 5.23. The minimum atomic E-state index is -4.07. The number of hydrogen-bond acceptors (Lipinski definition) is 6. The smallest absolute Gasteiger partial charge is 0.338 e. The molecule has 0 saturated carbocycles. The molecule has 0 radical (unpaired) electrons. The second-order valence-corrected chi connectivity index (χ2v) is 9.38. The van der Waals surface area contributed by atoms with E-state index in [-0.39, 0.29) is 34.2 Å². The van der Waals surface area contributed by atoms with Crippen molar-refractivity contribution in [2.24, 2.45) is 0 Å². The average molecular weight is 515 g/mol. The molecule has 2 N–H and O–H groups in total. The topological polar surface area (TPSA) is 111 Å². The number of sulfonamides is 1. The summed E-state index contributed by atoms with van der Waals surface area (Å²) in [6, 6.07) is 15.2. The van der Waals surface area contributed by atoms with E-state index in [9.17, 15) is 22.4 Å². The maximum absolute atomic E-state index is 14.0. The van der Waals surface area contributed by atoms with Gasteiger partial charge in [0.2, 0.25) is 0 Å². The van der Waals surface area contributed by atoms with Gasteiger partial charge in [-0.15, -0.1) is 0 Å². The molecule has 0 aliphatic heterocycles. The first kappa shape index (κ1) is 26.7. The first-order valence-electron chi connectivity index (χ1n) is 11.4. The minimum Gasteiger partial charge on any atom is -0.492 e. The normalized spacial score (nSPS) is 11.0. The van der Waals surface area contributed by atoms with Gasteiger partial charge in [0.1, 0.15) is 11.6 Å². The lowest BCUT2D eigenvalue weighted by molar-refractivity contribution is 0.0499. The van der Waals surface area contributed by atoms with Crippen LogP contribution in [0.5, 0.6) is 5.75 Å². The van der Waals surface area contributed by atoms with Crippen LogP contribution in [0, 0.1) is 5.82 Å². The van der Waals surface area contributed by atoms with E-state index in [1.54, 1.807) is 6.92 Å². The van der Waals surface area contributed by atoms with Gasteiger partial charge in [-0.1, -0.05) is 25.5 Å². The largest absolute Gasteiger partial charge is 0.492 e. The van der Waals surface area contributed by atoms with Gasteiger partial charge in [0.25, 0.3) is 15.9 Å². The van der Waals surface area contributed by atoms with Crippen molar-refractivity contribution >= 4 is 33.3 Å². The summed E-state index contributed by atoms with van der Waals surface area (Å²) < 4.78 is 53.1. The van der Waals surface area contributed by atoms with E-state index < -0.39 is 27.7 Å². The van der Waals surface area contributed by atoms with Gasteiger partial charge in [-0.3, -0.25) is 9.52 Å². The molecule has 0 aliphatic rings. The van der Waals surface area contributed by atoms with Gasteiger partial charge in [0.15, 0.2) is 0 Å². The van der Waals surface area contributed by atoms with Gasteiger partial charge >= 0.3 is 5.97 Å². The number of benzene rings is 3. The Morgan fingerprint density at radius 2 is 1.69 bits per heavy atom. The molecule has 0 fully saturated rings. The number of hydrogen-bond donors (Lipinski definition) is 2. The van der Waals surface area contributed by atoms with E-state index in [1.807, 2.05) is 6.92 Å².